The van der Waals surface area contributed by atoms with E-state index < -0.39 is 0 Å². The predicted molar refractivity (Wildman–Crippen MR) is 62.3 cm³/mol. The third-order valence-electron chi connectivity index (χ3n) is 3.20. The molecule has 2 aromatic heterocycles. The van der Waals surface area contributed by atoms with Crippen LogP contribution in [0.15, 0.2) is 18.3 Å². The standard InChI is InChI=1S/C12H16N4/c1-9-5-6-11-14-15-12(16(11)8-9)10-4-2-3-7-13-10/h5-6,8,10,13H,2-4,7H2,1H3. The van der Waals surface area contributed by atoms with E-state index >= 15 is 0 Å². The van der Waals surface area contributed by atoms with E-state index in [1.54, 1.807) is 0 Å². The minimum Gasteiger partial charge on any atom is -0.307 e. The highest BCUT2D eigenvalue weighted by Crippen LogP contribution is 2.22. The van der Waals surface area contributed by atoms with Crippen molar-refractivity contribution in [1.29, 1.82) is 0 Å². The van der Waals surface area contributed by atoms with Crippen molar-refractivity contribution < 1.29 is 0 Å². The number of rotatable bonds is 1. The van der Waals surface area contributed by atoms with E-state index in [2.05, 4.69) is 39.1 Å². The molecule has 84 valence electrons. The molecule has 0 aromatic carbocycles. The molecule has 4 heteroatoms. The maximum atomic E-state index is 4.31. The van der Waals surface area contributed by atoms with Gasteiger partial charge in [-0.2, -0.15) is 0 Å². The number of pyridine rings is 1. The third kappa shape index (κ3) is 1.59. The smallest absolute Gasteiger partial charge is 0.160 e. The summed E-state index contributed by atoms with van der Waals surface area (Å²) in [5, 5.41) is 12.0. The van der Waals surface area contributed by atoms with E-state index in [0.29, 0.717) is 6.04 Å². The fourth-order valence-electron chi connectivity index (χ4n) is 2.32. The van der Waals surface area contributed by atoms with E-state index in [-0.39, 0.29) is 0 Å². The minimum atomic E-state index is 0.366. The summed E-state index contributed by atoms with van der Waals surface area (Å²) < 4.78 is 2.11. The van der Waals surface area contributed by atoms with Crippen LogP contribution in [-0.4, -0.2) is 21.1 Å². The second-order valence-electron chi connectivity index (χ2n) is 4.50. The maximum absolute atomic E-state index is 4.31. The number of hydrogen-bond acceptors (Lipinski definition) is 3. The highest BCUT2D eigenvalue weighted by atomic mass is 15.3. The number of aromatic nitrogens is 3. The third-order valence-corrected chi connectivity index (χ3v) is 3.20. The topological polar surface area (TPSA) is 42.2 Å². The second-order valence-corrected chi connectivity index (χ2v) is 4.50. The van der Waals surface area contributed by atoms with E-state index in [0.717, 1.165) is 24.4 Å². The van der Waals surface area contributed by atoms with Gasteiger partial charge in [-0.1, -0.05) is 12.5 Å². The summed E-state index contributed by atoms with van der Waals surface area (Å²) in [6.07, 6.45) is 5.82. The van der Waals surface area contributed by atoms with Gasteiger partial charge < -0.3 is 5.32 Å². The fraction of sp³-hybridized carbons (Fsp3) is 0.500. The van der Waals surface area contributed by atoms with Crippen LogP contribution in [0.25, 0.3) is 5.65 Å². The molecule has 1 N–H and O–H groups in total. The fourth-order valence-corrected chi connectivity index (χ4v) is 2.32. The van der Waals surface area contributed by atoms with E-state index in [9.17, 15) is 0 Å². The molecule has 0 aliphatic carbocycles. The highest BCUT2D eigenvalue weighted by molar-refractivity contribution is 5.39. The number of nitrogens with one attached hydrogen (secondary N) is 1. The quantitative estimate of drug-likeness (QED) is 0.791. The summed E-state index contributed by atoms with van der Waals surface area (Å²) in [5.41, 5.74) is 2.18. The molecule has 3 heterocycles. The van der Waals surface area contributed by atoms with Gasteiger partial charge in [-0.25, -0.2) is 0 Å². The average Bonchev–Trinajstić information content (AvgIpc) is 2.73. The van der Waals surface area contributed by atoms with Crippen LogP contribution >= 0.6 is 0 Å². The monoisotopic (exact) mass is 216 g/mol. The Morgan fingerprint density at radius 1 is 1.31 bits per heavy atom. The van der Waals surface area contributed by atoms with Crippen molar-refractivity contribution in [2.75, 3.05) is 6.54 Å². The molecule has 0 amide bonds. The van der Waals surface area contributed by atoms with Crippen molar-refractivity contribution in [3.63, 3.8) is 0 Å². The summed E-state index contributed by atoms with van der Waals surface area (Å²) in [6, 6.07) is 4.46. The van der Waals surface area contributed by atoms with Gasteiger partial charge in [0.15, 0.2) is 11.5 Å². The van der Waals surface area contributed by atoms with Gasteiger partial charge in [0.05, 0.1) is 6.04 Å². The maximum Gasteiger partial charge on any atom is 0.160 e. The lowest BCUT2D eigenvalue weighted by Crippen LogP contribution is -2.28. The summed E-state index contributed by atoms with van der Waals surface area (Å²) in [5.74, 6) is 1.05. The van der Waals surface area contributed by atoms with Crippen LogP contribution < -0.4 is 5.32 Å². The van der Waals surface area contributed by atoms with Crippen molar-refractivity contribution in [2.45, 2.75) is 32.2 Å². The van der Waals surface area contributed by atoms with Crippen LogP contribution in [0, 0.1) is 6.92 Å². The zero-order valence-corrected chi connectivity index (χ0v) is 9.48. The first-order chi connectivity index (χ1) is 7.84. The average molecular weight is 216 g/mol. The molecule has 2 aromatic rings. The van der Waals surface area contributed by atoms with Crippen molar-refractivity contribution in [1.82, 2.24) is 19.9 Å². The number of aryl methyl sites for hydroxylation is 1. The Hall–Kier alpha value is -1.42. The number of nitrogens with zero attached hydrogens (tertiary/aromatic N) is 3. The van der Waals surface area contributed by atoms with Crippen LogP contribution in [0.1, 0.15) is 36.7 Å². The molecule has 0 radical (unpaired) electrons. The molecule has 3 rings (SSSR count). The Kier molecular flexibility index (Phi) is 2.36. The molecule has 16 heavy (non-hydrogen) atoms. The molecule has 1 unspecified atom stereocenters. The first-order valence-electron chi connectivity index (χ1n) is 5.89. The minimum absolute atomic E-state index is 0.366. The number of piperidine rings is 1. The van der Waals surface area contributed by atoms with Crippen molar-refractivity contribution in [3.8, 4) is 0 Å². The molecule has 4 nitrogen and oxygen atoms in total. The Morgan fingerprint density at radius 3 is 3.06 bits per heavy atom. The molecule has 1 atom stereocenters. The second kappa shape index (κ2) is 3.87. The molecule has 0 spiro atoms. The van der Waals surface area contributed by atoms with Gasteiger partial charge in [0.1, 0.15) is 0 Å². The first kappa shape index (κ1) is 9.78. The zero-order chi connectivity index (χ0) is 11.0. The Labute approximate surface area is 94.7 Å². The van der Waals surface area contributed by atoms with Crippen LogP contribution in [0.4, 0.5) is 0 Å². The van der Waals surface area contributed by atoms with Crippen molar-refractivity contribution in [3.05, 3.63) is 29.7 Å². The van der Waals surface area contributed by atoms with Gasteiger partial charge in [0.25, 0.3) is 0 Å². The van der Waals surface area contributed by atoms with Crippen LogP contribution in [0.2, 0.25) is 0 Å². The molecule has 1 aliphatic heterocycles. The SMILES string of the molecule is Cc1ccc2nnc(C3CCCCN3)n2c1. The van der Waals surface area contributed by atoms with Crippen LogP contribution in [0.3, 0.4) is 0 Å². The highest BCUT2D eigenvalue weighted by Gasteiger charge is 2.19. The molecule has 0 saturated carbocycles. The van der Waals surface area contributed by atoms with E-state index in [4.69, 9.17) is 0 Å². The Balaban J connectivity index is 2.05. The number of hydrogen-bond donors (Lipinski definition) is 1. The van der Waals surface area contributed by atoms with Gasteiger partial charge >= 0.3 is 0 Å². The van der Waals surface area contributed by atoms with E-state index in [1.165, 1.54) is 18.4 Å². The molecule has 1 saturated heterocycles. The van der Waals surface area contributed by atoms with Crippen LogP contribution in [0.5, 0.6) is 0 Å². The Morgan fingerprint density at radius 2 is 2.25 bits per heavy atom. The normalized spacial score (nSPS) is 21.4. The van der Waals surface area contributed by atoms with Crippen LogP contribution in [-0.2, 0) is 0 Å². The van der Waals surface area contributed by atoms with Gasteiger partial charge in [-0.15, -0.1) is 10.2 Å². The van der Waals surface area contributed by atoms with Gasteiger partial charge in [0.2, 0.25) is 0 Å². The van der Waals surface area contributed by atoms with E-state index in [1.807, 2.05) is 6.07 Å². The summed E-state index contributed by atoms with van der Waals surface area (Å²) >= 11 is 0. The Bertz CT molecular complexity index is 497. The predicted octanol–water partition coefficient (Wildman–Crippen LogP) is 1.85. The lowest BCUT2D eigenvalue weighted by atomic mass is 10.0. The van der Waals surface area contributed by atoms with Gasteiger partial charge in [-0.3, -0.25) is 4.40 Å². The van der Waals surface area contributed by atoms with Gasteiger partial charge in [0, 0.05) is 6.20 Å². The molecule has 0 bridgehead atoms. The van der Waals surface area contributed by atoms with Crippen molar-refractivity contribution >= 4 is 5.65 Å². The number of fused-ring (bicyclic) bond motifs is 1. The largest absolute Gasteiger partial charge is 0.307 e. The first-order valence-corrected chi connectivity index (χ1v) is 5.89. The lowest BCUT2D eigenvalue weighted by Gasteiger charge is -2.21. The molecular formula is C12H16N4. The zero-order valence-electron chi connectivity index (χ0n) is 9.48. The van der Waals surface area contributed by atoms with Gasteiger partial charge in [-0.05, 0) is 37.9 Å². The van der Waals surface area contributed by atoms with Crippen molar-refractivity contribution in [2.24, 2.45) is 0 Å². The molecular weight excluding hydrogens is 200 g/mol. The summed E-state index contributed by atoms with van der Waals surface area (Å²) in [7, 11) is 0. The molecule has 1 fully saturated rings. The lowest BCUT2D eigenvalue weighted by molar-refractivity contribution is 0.395. The summed E-state index contributed by atoms with van der Waals surface area (Å²) in [6.45, 7) is 3.18. The summed E-state index contributed by atoms with van der Waals surface area (Å²) in [4.78, 5) is 0. The molecule has 1 aliphatic rings.